The largest absolute Gasteiger partial charge is 0.494 e. The highest BCUT2D eigenvalue weighted by Gasteiger charge is 2.41. The Hall–Kier alpha value is -2.94. The Bertz CT molecular complexity index is 1100. The molecule has 0 spiro atoms. The highest BCUT2D eigenvalue weighted by molar-refractivity contribution is 7.80. The third-order valence-corrected chi connectivity index (χ3v) is 7.04. The van der Waals surface area contributed by atoms with Crippen LogP contribution in [0.3, 0.4) is 0 Å². The summed E-state index contributed by atoms with van der Waals surface area (Å²) in [7, 11) is 0. The summed E-state index contributed by atoms with van der Waals surface area (Å²) in [4.78, 5) is 9.50. The van der Waals surface area contributed by atoms with Gasteiger partial charge in [-0.3, -0.25) is 9.88 Å². The monoisotopic (exact) mass is 491 g/mol. The van der Waals surface area contributed by atoms with E-state index in [4.69, 9.17) is 21.7 Å². The van der Waals surface area contributed by atoms with E-state index in [1.54, 1.807) is 0 Å². The maximum absolute atomic E-state index is 5.87. The van der Waals surface area contributed by atoms with Crippen molar-refractivity contribution >= 4 is 17.3 Å². The van der Waals surface area contributed by atoms with Gasteiger partial charge in [-0.05, 0) is 74.1 Å². The van der Waals surface area contributed by atoms with Crippen LogP contribution >= 0.6 is 12.2 Å². The van der Waals surface area contributed by atoms with Crippen molar-refractivity contribution in [2.24, 2.45) is 0 Å². The number of morpholine rings is 1. The summed E-state index contributed by atoms with van der Waals surface area (Å²) in [6.07, 6.45) is 5.01. The van der Waals surface area contributed by atoms with Gasteiger partial charge in [0, 0.05) is 50.0 Å². The fraction of sp³-hybridized carbons (Fsp3) is 0.407. The van der Waals surface area contributed by atoms with E-state index in [9.17, 15) is 0 Å². The summed E-state index contributed by atoms with van der Waals surface area (Å²) in [6, 6.07) is 18.6. The first-order valence-electron chi connectivity index (χ1n) is 12.4. The number of nitrogens with zero attached hydrogens (tertiary/aromatic N) is 4. The molecule has 8 heteroatoms. The van der Waals surface area contributed by atoms with Gasteiger partial charge in [0.25, 0.3) is 0 Å². The molecule has 0 aliphatic carbocycles. The maximum atomic E-state index is 5.87. The van der Waals surface area contributed by atoms with Gasteiger partial charge in [0.1, 0.15) is 5.75 Å². The Balaban J connectivity index is 1.42. The van der Waals surface area contributed by atoms with Gasteiger partial charge < -0.3 is 24.3 Å². The van der Waals surface area contributed by atoms with Crippen LogP contribution in [0.1, 0.15) is 36.8 Å². The van der Waals surface area contributed by atoms with Gasteiger partial charge in [0.05, 0.1) is 37.6 Å². The number of benzene rings is 1. The molecule has 1 N–H and O–H groups in total. The van der Waals surface area contributed by atoms with E-state index in [2.05, 4.69) is 61.2 Å². The second kappa shape index (κ2) is 11.2. The molecule has 0 amide bonds. The van der Waals surface area contributed by atoms with Gasteiger partial charge in [-0.25, -0.2) is 0 Å². The van der Waals surface area contributed by atoms with Gasteiger partial charge >= 0.3 is 0 Å². The molecule has 5 rings (SSSR count). The number of ether oxygens (including phenoxy) is 2. The minimum Gasteiger partial charge on any atom is -0.494 e. The summed E-state index contributed by atoms with van der Waals surface area (Å²) in [5.74, 6) is 0.879. The Morgan fingerprint density at radius 1 is 1.06 bits per heavy atom. The summed E-state index contributed by atoms with van der Waals surface area (Å²) >= 11 is 5.87. The number of rotatable bonds is 9. The highest BCUT2D eigenvalue weighted by atomic mass is 32.1. The summed E-state index contributed by atoms with van der Waals surface area (Å²) < 4.78 is 13.4. The minimum atomic E-state index is -0.0246. The zero-order chi connectivity index (χ0) is 24.0. The fourth-order valence-corrected chi connectivity index (χ4v) is 5.33. The molecule has 184 valence electrons. The summed E-state index contributed by atoms with van der Waals surface area (Å²) in [5, 5.41) is 4.36. The van der Waals surface area contributed by atoms with Gasteiger partial charge in [0.2, 0.25) is 0 Å². The zero-order valence-electron chi connectivity index (χ0n) is 20.2. The van der Waals surface area contributed by atoms with Crippen LogP contribution in [-0.4, -0.2) is 70.5 Å². The molecule has 2 aromatic heterocycles. The van der Waals surface area contributed by atoms with Crippen molar-refractivity contribution < 1.29 is 9.47 Å². The van der Waals surface area contributed by atoms with Crippen molar-refractivity contribution in [3.05, 3.63) is 78.4 Å². The van der Waals surface area contributed by atoms with Crippen molar-refractivity contribution in [3.8, 4) is 11.4 Å². The standard InChI is InChI=1S/C27H33N5O2S/c1-2-34-22-11-9-21(10-12-22)31-15-5-8-24(31)26-25(23-7-3-4-13-28-23)29-27(35)32(26)16-6-14-30-17-19-33-20-18-30/h3-5,7-13,15,25-26H,2,6,14,16-20H2,1H3,(H,29,35)/t25-,26+/m0/s1. The SMILES string of the molecule is CCOc1ccc(-n2cccc2[C@@H]2[C@H](c3ccccn3)NC(=S)N2CCCN2CCOCC2)cc1. The van der Waals surface area contributed by atoms with Crippen LogP contribution < -0.4 is 10.1 Å². The van der Waals surface area contributed by atoms with Crippen molar-refractivity contribution in [2.75, 3.05) is 46.0 Å². The average Bonchev–Trinajstić information content (AvgIpc) is 3.50. The van der Waals surface area contributed by atoms with Crippen LogP contribution in [0.25, 0.3) is 5.69 Å². The number of hydrogen-bond donors (Lipinski definition) is 1. The quantitative estimate of drug-likeness (QED) is 0.455. The number of thiocarbonyl (C=S) groups is 1. The molecule has 2 saturated heterocycles. The topological polar surface area (TPSA) is 54.8 Å². The lowest BCUT2D eigenvalue weighted by molar-refractivity contribution is 0.0365. The lowest BCUT2D eigenvalue weighted by Crippen LogP contribution is -2.39. The van der Waals surface area contributed by atoms with Crippen LogP contribution in [0, 0.1) is 0 Å². The van der Waals surface area contributed by atoms with Crippen molar-refractivity contribution in [1.29, 1.82) is 0 Å². The molecule has 2 aliphatic heterocycles. The van der Waals surface area contributed by atoms with Gasteiger partial charge in [-0.15, -0.1) is 0 Å². The Labute approximate surface area is 212 Å². The van der Waals surface area contributed by atoms with E-state index in [0.717, 1.165) is 68.1 Å². The second-order valence-electron chi connectivity index (χ2n) is 8.86. The molecule has 0 radical (unpaired) electrons. The molecule has 2 atom stereocenters. The fourth-order valence-electron chi connectivity index (χ4n) is 5.00. The smallest absolute Gasteiger partial charge is 0.170 e. The Morgan fingerprint density at radius 3 is 2.63 bits per heavy atom. The van der Waals surface area contributed by atoms with E-state index < -0.39 is 0 Å². The molecule has 2 aliphatic rings. The molecule has 0 unspecified atom stereocenters. The first-order chi connectivity index (χ1) is 17.2. The number of aromatic nitrogens is 2. The maximum Gasteiger partial charge on any atom is 0.170 e. The molecule has 1 aromatic carbocycles. The Kier molecular flexibility index (Phi) is 7.61. The van der Waals surface area contributed by atoms with E-state index in [0.29, 0.717) is 6.61 Å². The normalized spacial score (nSPS) is 20.7. The number of pyridine rings is 1. The molecule has 4 heterocycles. The van der Waals surface area contributed by atoms with Crippen LogP contribution in [-0.2, 0) is 4.74 Å². The third-order valence-electron chi connectivity index (χ3n) is 6.68. The molecule has 7 nitrogen and oxygen atoms in total. The molecule has 3 aromatic rings. The van der Waals surface area contributed by atoms with Crippen LogP contribution in [0.5, 0.6) is 5.75 Å². The van der Waals surface area contributed by atoms with E-state index in [1.807, 2.05) is 37.4 Å². The van der Waals surface area contributed by atoms with Crippen molar-refractivity contribution in [2.45, 2.75) is 25.4 Å². The van der Waals surface area contributed by atoms with Gasteiger partial charge in [-0.1, -0.05) is 6.07 Å². The molecule has 0 saturated carbocycles. The summed E-state index contributed by atoms with van der Waals surface area (Å²) in [6.45, 7) is 8.23. The Morgan fingerprint density at radius 2 is 1.89 bits per heavy atom. The molecular weight excluding hydrogens is 458 g/mol. The van der Waals surface area contributed by atoms with E-state index in [-0.39, 0.29) is 12.1 Å². The predicted molar refractivity (Wildman–Crippen MR) is 141 cm³/mol. The predicted octanol–water partition coefficient (Wildman–Crippen LogP) is 3.97. The highest BCUT2D eigenvalue weighted by Crippen LogP contribution is 2.39. The molecular formula is C27H33N5O2S. The molecule has 0 bridgehead atoms. The minimum absolute atomic E-state index is 0.0246. The lowest BCUT2D eigenvalue weighted by atomic mass is 10.0. The lowest BCUT2D eigenvalue weighted by Gasteiger charge is -2.31. The van der Waals surface area contributed by atoms with Gasteiger partial charge in [-0.2, -0.15) is 0 Å². The van der Waals surface area contributed by atoms with Crippen molar-refractivity contribution in [1.82, 2.24) is 24.7 Å². The van der Waals surface area contributed by atoms with Crippen LogP contribution in [0.2, 0.25) is 0 Å². The van der Waals surface area contributed by atoms with Crippen LogP contribution in [0.15, 0.2) is 67.0 Å². The number of nitrogens with one attached hydrogen (secondary N) is 1. The third kappa shape index (κ3) is 5.34. The van der Waals surface area contributed by atoms with E-state index in [1.165, 1.54) is 5.69 Å². The first kappa shape index (κ1) is 23.8. The van der Waals surface area contributed by atoms with Crippen LogP contribution in [0.4, 0.5) is 0 Å². The first-order valence-corrected chi connectivity index (χ1v) is 12.8. The second-order valence-corrected chi connectivity index (χ2v) is 9.24. The zero-order valence-corrected chi connectivity index (χ0v) is 21.0. The molecule has 35 heavy (non-hydrogen) atoms. The van der Waals surface area contributed by atoms with Crippen molar-refractivity contribution in [3.63, 3.8) is 0 Å². The average molecular weight is 492 g/mol. The molecule has 2 fully saturated rings. The summed E-state index contributed by atoms with van der Waals surface area (Å²) in [5.41, 5.74) is 3.28. The van der Waals surface area contributed by atoms with E-state index >= 15 is 0 Å². The number of hydrogen-bond acceptors (Lipinski definition) is 5. The van der Waals surface area contributed by atoms with Gasteiger partial charge in [0.15, 0.2) is 5.11 Å².